The largest absolute Gasteiger partial charge is 0.348 e. The van der Waals surface area contributed by atoms with Crippen LogP contribution in [0.15, 0.2) is 47.6 Å². The average molecular weight is 341 g/mol. The van der Waals surface area contributed by atoms with Gasteiger partial charge in [0.1, 0.15) is 0 Å². The summed E-state index contributed by atoms with van der Waals surface area (Å²) in [7, 11) is 0. The molecule has 4 nitrogen and oxygen atoms in total. The van der Waals surface area contributed by atoms with Crippen molar-refractivity contribution in [3.8, 4) is 0 Å². The quantitative estimate of drug-likeness (QED) is 0.806. The second kappa shape index (κ2) is 7.79. The zero-order chi connectivity index (χ0) is 18.6. The van der Waals surface area contributed by atoms with Gasteiger partial charge >= 0.3 is 0 Å². The van der Waals surface area contributed by atoms with Gasteiger partial charge in [0, 0.05) is 0 Å². The van der Waals surface area contributed by atoms with E-state index in [1.54, 1.807) is 0 Å². The average Bonchev–Trinajstić information content (AvgIpc) is 2.52. The van der Waals surface area contributed by atoms with Gasteiger partial charge in [-0.2, -0.15) is 0 Å². The number of nitrogens with one attached hydrogen (secondary N) is 1. The number of aryl methyl sites for hydroxylation is 1. The number of rotatable bonds is 6. The minimum atomic E-state index is -1.04. The number of carbonyl (C=O) groups is 2. The van der Waals surface area contributed by atoms with Gasteiger partial charge < -0.3 is 10.1 Å². The zero-order valence-corrected chi connectivity index (χ0v) is 15.7. The predicted molar refractivity (Wildman–Crippen MR) is 99.1 cm³/mol. The van der Waals surface area contributed by atoms with Crippen LogP contribution in [0.1, 0.15) is 38.8 Å². The Morgan fingerprint density at radius 3 is 2.16 bits per heavy atom. The third-order valence-corrected chi connectivity index (χ3v) is 4.26. The number of ketones is 1. The van der Waals surface area contributed by atoms with Crippen molar-refractivity contribution < 1.29 is 14.3 Å². The van der Waals surface area contributed by atoms with Crippen LogP contribution >= 0.6 is 0 Å². The molecular weight excluding hydrogens is 314 g/mol. The molecule has 1 amide bonds. The molecule has 0 aliphatic heterocycles. The van der Waals surface area contributed by atoms with Crippen molar-refractivity contribution in [3.63, 3.8) is 0 Å². The van der Waals surface area contributed by atoms with Crippen LogP contribution in [0.3, 0.4) is 0 Å². The Hall–Kier alpha value is -2.20. The van der Waals surface area contributed by atoms with E-state index in [0.717, 1.165) is 11.1 Å². The molecule has 4 heteroatoms. The van der Waals surface area contributed by atoms with Crippen molar-refractivity contribution >= 4 is 11.7 Å². The number of ether oxygens (including phenoxy) is 1. The predicted octanol–water partition coefficient (Wildman–Crippen LogP) is 3.50. The normalized spacial score (nSPS) is 16.5. The lowest BCUT2D eigenvalue weighted by Gasteiger charge is -2.39. The first kappa shape index (κ1) is 19.1. The Bertz CT molecular complexity index is 689. The van der Waals surface area contributed by atoms with Gasteiger partial charge in [0.25, 0.3) is 0 Å². The van der Waals surface area contributed by atoms with Crippen LogP contribution in [0, 0.1) is 12.8 Å². The van der Waals surface area contributed by atoms with Crippen LogP contribution < -0.4 is 5.32 Å². The van der Waals surface area contributed by atoms with E-state index in [1.807, 2.05) is 58.9 Å². The van der Waals surface area contributed by atoms with Gasteiger partial charge in [-0.3, -0.25) is 9.59 Å². The summed E-state index contributed by atoms with van der Waals surface area (Å²) in [6.45, 7) is 10.2. The molecule has 1 aromatic rings. The molecule has 0 aromatic heterocycles. The molecule has 1 aromatic carbocycles. The third kappa shape index (κ3) is 4.67. The van der Waals surface area contributed by atoms with E-state index in [1.165, 1.54) is 12.2 Å². The van der Waals surface area contributed by atoms with E-state index in [2.05, 4.69) is 5.32 Å². The number of benzene rings is 1. The maximum absolute atomic E-state index is 12.7. The lowest BCUT2D eigenvalue weighted by Crippen LogP contribution is -2.54. The molecule has 134 valence electrons. The number of hydrogen-bond acceptors (Lipinski definition) is 3. The van der Waals surface area contributed by atoms with E-state index < -0.39 is 5.72 Å². The van der Waals surface area contributed by atoms with Gasteiger partial charge in [0.15, 0.2) is 11.5 Å². The SMILES string of the molecule is CC1=CC(=O)C=C(C)C1(NC(=O)Cc1ccc(C)cc1)OCC(C)C. The summed E-state index contributed by atoms with van der Waals surface area (Å²) >= 11 is 0. The number of hydrogen-bond donors (Lipinski definition) is 1. The van der Waals surface area contributed by atoms with Crippen LogP contribution in [-0.2, 0) is 20.7 Å². The lowest BCUT2D eigenvalue weighted by atomic mass is 9.89. The second-order valence-electron chi connectivity index (χ2n) is 7.15. The van der Waals surface area contributed by atoms with Crippen LogP contribution in [0.2, 0.25) is 0 Å². The fourth-order valence-corrected chi connectivity index (χ4v) is 2.87. The Labute approximate surface area is 150 Å². The number of allylic oxidation sites excluding steroid dienone is 2. The molecular formula is C21H27NO3. The molecule has 0 fully saturated rings. The molecule has 0 atom stereocenters. The van der Waals surface area contributed by atoms with Gasteiger partial charge in [0.2, 0.25) is 5.91 Å². The summed E-state index contributed by atoms with van der Waals surface area (Å²) in [5.41, 5.74) is 2.47. The van der Waals surface area contributed by atoms with Crippen molar-refractivity contribution in [3.05, 3.63) is 58.7 Å². The highest BCUT2D eigenvalue weighted by Gasteiger charge is 2.39. The van der Waals surface area contributed by atoms with Crippen LogP contribution in [0.5, 0.6) is 0 Å². The fraction of sp³-hybridized carbons (Fsp3) is 0.429. The molecule has 25 heavy (non-hydrogen) atoms. The van der Waals surface area contributed by atoms with Gasteiger partial charge in [-0.1, -0.05) is 43.7 Å². The molecule has 0 spiro atoms. The highest BCUT2D eigenvalue weighted by molar-refractivity contribution is 6.02. The highest BCUT2D eigenvalue weighted by atomic mass is 16.5. The van der Waals surface area contributed by atoms with E-state index in [9.17, 15) is 9.59 Å². The van der Waals surface area contributed by atoms with Crippen LogP contribution in [-0.4, -0.2) is 24.0 Å². The molecule has 0 saturated carbocycles. The van der Waals surface area contributed by atoms with Gasteiger partial charge in [0.05, 0.1) is 13.0 Å². The number of amides is 1. The molecule has 1 N–H and O–H groups in total. The first-order chi connectivity index (χ1) is 11.7. The van der Waals surface area contributed by atoms with E-state index in [-0.39, 0.29) is 18.1 Å². The first-order valence-electron chi connectivity index (χ1n) is 8.65. The standard InChI is InChI=1S/C21H27NO3/c1-14(2)13-25-21(16(4)10-19(23)11-17(21)5)22-20(24)12-18-8-6-15(3)7-9-18/h6-11,14H,12-13H2,1-5H3,(H,22,24). The van der Waals surface area contributed by atoms with Crippen LogP contribution in [0.25, 0.3) is 0 Å². The van der Waals surface area contributed by atoms with Gasteiger partial charge in [-0.15, -0.1) is 0 Å². The Kier molecular flexibility index (Phi) is 5.96. The van der Waals surface area contributed by atoms with Gasteiger partial charge in [-0.05, 0) is 55.6 Å². The Morgan fingerprint density at radius 2 is 1.64 bits per heavy atom. The number of carbonyl (C=O) groups excluding carboxylic acids is 2. The second-order valence-corrected chi connectivity index (χ2v) is 7.15. The zero-order valence-electron chi connectivity index (χ0n) is 15.7. The topological polar surface area (TPSA) is 55.4 Å². The fourth-order valence-electron chi connectivity index (χ4n) is 2.87. The maximum atomic E-state index is 12.7. The molecule has 2 rings (SSSR count). The molecule has 1 aliphatic carbocycles. The molecule has 0 heterocycles. The summed E-state index contributed by atoms with van der Waals surface area (Å²) in [4.78, 5) is 24.5. The monoisotopic (exact) mass is 341 g/mol. The van der Waals surface area contributed by atoms with Crippen molar-refractivity contribution in [2.24, 2.45) is 5.92 Å². The molecule has 0 radical (unpaired) electrons. The van der Waals surface area contributed by atoms with E-state index >= 15 is 0 Å². The van der Waals surface area contributed by atoms with Crippen molar-refractivity contribution in [1.82, 2.24) is 5.32 Å². The smallest absolute Gasteiger partial charge is 0.227 e. The lowest BCUT2D eigenvalue weighted by molar-refractivity contribution is -0.129. The summed E-state index contributed by atoms with van der Waals surface area (Å²) in [6, 6.07) is 7.88. The van der Waals surface area contributed by atoms with Crippen LogP contribution in [0.4, 0.5) is 0 Å². The molecule has 0 saturated heterocycles. The molecule has 1 aliphatic rings. The summed E-state index contributed by atoms with van der Waals surface area (Å²) < 4.78 is 6.11. The van der Waals surface area contributed by atoms with Crippen molar-refractivity contribution in [2.45, 2.75) is 46.8 Å². The van der Waals surface area contributed by atoms with Crippen molar-refractivity contribution in [1.29, 1.82) is 0 Å². The third-order valence-electron chi connectivity index (χ3n) is 4.26. The summed E-state index contributed by atoms with van der Waals surface area (Å²) in [5.74, 6) is 0.0955. The maximum Gasteiger partial charge on any atom is 0.227 e. The van der Waals surface area contributed by atoms with Gasteiger partial charge in [-0.25, -0.2) is 0 Å². The Morgan fingerprint density at radius 1 is 1.08 bits per heavy atom. The van der Waals surface area contributed by atoms with Crippen molar-refractivity contribution in [2.75, 3.05) is 6.61 Å². The minimum Gasteiger partial charge on any atom is -0.348 e. The minimum absolute atomic E-state index is 0.0773. The van der Waals surface area contributed by atoms with E-state index in [4.69, 9.17) is 4.74 Å². The summed E-state index contributed by atoms with van der Waals surface area (Å²) in [6.07, 6.45) is 3.32. The molecule has 0 unspecified atom stereocenters. The highest BCUT2D eigenvalue weighted by Crippen LogP contribution is 2.31. The Balaban J connectivity index is 2.22. The molecule has 0 bridgehead atoms. The first-order valence-corrected chi connectivity index (χ1v) is 8.65. The summed E-state index contributed by atoms with van der Waals surface area (Å²) in [5, 5.41) is 3.02. The van der Waals surface area contributed by atoms with E-state index in [0.29, 0.717) is 23.7 Å².